The average molecular weight is 291 g/mol. The first-order chi connectivity index (χ1) is 10.1. The van der Waals surface area contributed by atoms with Gasteiger partial charge in [-0.05, 0) is 48.2 Å². The van der Waals surface area contributed by atoms with Crippen LogP contribution in [0.2, 0.25) is 0 Å². The van der Waals surface area contributed by atoms with Crippen LogP contribution < -0.4 is 10.5 Å². The molecular weight excluding hydrogens is 272 g/mol. The fourth-order valence-corrected chi connectivity index (χ4v) is 2.09. The van der Waals surface area contributed by atoms with E-state index in [0.29, 0.717) is 18.5 Å². The second kappa shape index (κ2) is 7.18. The van der Waals surface area contributed by atoms with Crippen LogP contribution in [0.3, 0.4) is 0 Å². The van der Waals surface area contributed by atoms with Gasteiger partial charge in [-0.1, -0.05) is 31.2 Å². The van der Waals surface area contributed by atoms with Crippen molar-refractivity contribution in [3.05, 3.63) is 64.7 Å². The van der Waals surface area contributed by atoms with Gasteiger partial charge in [-0.2, -0.15) is 0 Å². The molecule has 0 spiro atoms. The molecule has 0 bridgehead atoms. The lowest BCUT2D eigenvalue weighted by Gasteiger charge is -2.10. The van der Waals surface area contributed by atoms with E-state index >= 15 is 0 Å². The molecule has 2 aromatic rings. The zero-order chi connectivity index (χ0) is 15.2. The van der Waals surface area contributed by atoms with Gasteiger partial charge >= 0.3 is 0 Å². The summed E-state index contributed by atoms with van der Waals surface area (Å²) in [4.78, 5) is 0. The monoisotopic (exact) mass is 291 g/mol. The number of nitrogens with two attached hydrogens (primary N) is 1. The van der Waals surface area contributed by atoms with E-state index in [-0.39, 0.29) is 12.4 Å². The smallest absolute Gasteiger partial charge is 0.191 e. The van der Waals surface area contributed by atoms with Crippen molar-refractivity contribution >= 4 is 0 Å². The molecule has 0 unspecified atom stereocenters. The van der Waals surface area contributed by atoms with Crippen LogP contribution in [-0.4, -0.2) is 6.54 Å². The molecular formula is C17H19F2NO. The van der Waals surface area contributed by atoms with Gasteiger partial charge in [0.1, 0.15) is 6.61 Å². The normalized spacial score (nSPS) is 10.7. The van der Waals surface area contributed by atoms with Gasteiger partial charge in [0.25, 0.3) is 0 Å². The first kappa shape index (κ1) is 15.4. The first-order valence-electron chi connectivity index (χ1n) is 7.02. The molecule has 0 radical (unpaired) electrons. The molecule has 21 heavy (non-hydrogen) atoms. The van der Waals surface area contributed by atoms with Gasteiger partial charge in [0.15, 0.2) is 17.4 Å². The van der Waals surface area contributed by atoms with Crippen LogP contribution in [-0.2, 0) is 19.4 Å². The van der Waals surface area contributed by atoms with Crippen molar-refractivity contribution in [3.63, 3.8) is 0 Å². The molecule has 0 saturated heterocycles. The highest BCUT2D eigenvalue weighted by atomic mass is 19.1. The topological polar surface area (TPSA) is 35.2 Å². The van der Waals surface area contributed by atoms with Crippen molar-refractivity contribution in [2.45, 2.75) is 26.4 Å². The summed E-state index contributed by atoms with van der Waals surface area (Å²) in [5.41, 5.74) is 8.00. The van der Waals surface area contributed by atoms with Crippen LogP contribution in [0.25, 0.3) is 0 Å². The summed E-state index contributed by atoms with van der Waals surface area (Å²) in [7, 11) is 0. The Balaban J connectivity index is 2.08. The molecule has 0 fully saturated rings. The van der Waals surface area contributed by atoms with Crippen LogP contribution in [0.5, 0.6) is 5.75 Å². The maximum atomic E-state index is 13.8. The minimum absolute atomic E-state index is 0.133. The van der Waals surface area contributed by atoms with E-state index < -0.39 is 11.6 Å². The molecule has 0 aliphatic heterocycles. The summed E-state index contributed by atoms with van der Waals surface area (Å²) in [6.07, 6.45) is 1.39. The van der Waals surface area contributed by atoms with Crippen molar-refractivity contribution < 1.29 is 13.5 Å². The lowest BCUT2D eigenvalue weighted by Crippen LogP contribution is -2.05. The number of benzene rings is 2. The Hall–Kier alpha value is -1.94. The Morgan fingerprint density at radius 3 is 2.05 bits per heavy atom. The highest BCUT2D eigenvalue weighted by Gasteiger charge is 2.12. The van der Waals surface area contributed by atoms with Gasteiger partial charge in [0.05, 0.1) is 0 Å². The minimum Gasteiger partial charge on any atom is -0.483 e. The molecule has 112 valence electrons. The third-order valence-corrected chi connectivity index (χ3v) is 3.31. The van der Waals surface area contributed by atoms with Crippen molar-refractivity contribution in [1.82, 2.24) is 0 Å². The Bertz CT molecular complexity index is 573. The number of hydrogen-bond acceptors (Lipinski definition) is 2. The van der Waals surface area contributed by atoms with Crippen molar-refractivity contribution in [2.75, 3.05) is 6.54 Å². The van der Waals surface area contributed by atoms with E-state index in [1.54, 1.807) is 0 Å². The number of halogens is 2. The van der Waals surface area contributed by atoms with Crippen LogP contribution in [0.1, 0.15) is 23.6 Å². The molecule has 0 aromatic heterocycles. The largest absolute Gasteiger partial charge is 0.483 e. The summed E-state index contributed by atoms with van der Waals surface area (Å²) < 4.78 is 33.0. The van der Waals surface area contributed by atoms with Gasteiger partial charge in [-0.25, -0.2) is 8.78 Å². The quantitative estimate of drug-likeness (QED) is 0.882. The number of hydrogen-bond donors (Lipinski definition) is 1. The molecule has 0 saturated carbocycles. The summed E-state index contributed by atoms with van der Waals surface area (Å²) in [5, 5.41) is 0. The average Bonchev–Trinajstić information content (AvgIpc) is 2.47. The first-order valence-corrected chi connectivity index (χ1v) is 7.02. The zero-order valence-corrected chi connectivity index (χ0v) is 12.0. The van der Waals surface area contributed by atoms with E-state index in [4.69, 9.17) is 10.5 Å². The van der Waals surface area contributed by atoms with E-state index in [0.717, 1.165) is 12.0 Å². The molecule has 0 amide bonds. The van der Waals surface area contributed by atoms with Gasteiger partial charge in [-0.3, -0.25) is 0 Å². The van der Waals surface area contributed by atoms with Crippen molar-refractivity contribution in [3.8, 4) is 5.75 Å². The van der Waals surface area contributed by atoms with Crippen LogP contribution in [0.15, 0.2) is 36.4 Å². The van der Waals surface area contributed by atoms with Gasteiger partial charge in [0, 0.05) is 0 Å². The maximum absolute atomic E-state index is 13.8. The summed E-state index contributed by atoms with van der Waals surface area (Å²) >= 11 is 0. The van der Waals surface area contributed by atoms with E-state index in [1.165, 1.54) is 17.7 Å². The van der Waals surface area contributed by atoms with E-state index in [9.17, 15) is 8.78 Å². The lowest BCUT2D eigenvalue weighted by atomic mass is 10.1. The van der Waals surface area contributed by atoms with Gasteiger partial charge < -0.3 is 10.5 Å². The lowest BCUT2D eigenvalue weighted by molar-refractivity contribution is 0.274. The molecule has 0 aliphatic rings. The van der Waals surface area contributed by atoms with Crippen LogP contribution in [0, 0.1) is 11.6 Å². The SMILES string of the molecule is CCc1ccc(COc2c(F)cc(CCN)cc2F)cc1. The van der Waals surface area contributed by atoms with Gasteiger partial charge in [-0.15, -0.1) is 0 Å². The molecule has 2 N–H and O–H groups in total. The highest BCUT2D eigenvalue weighted by molar-refractivity contribution is 5.32. The molecule has 2 nitrogen and oxygen atoms in total. The standard InChI is InChI=1S/C17H19F2NO/c1-2-12-3-5-13(6-4-12)11-21-17-15(18)9-14(7-8-20)10-16(17)19/h3-6,9-10H,2,7-8,11,20H2,1H3. The van der Waals surface area contributed by atoms with Crippen LogP contribution in [0.4, 0.5) is 8.78 Å². The van der Waals surface area contributed by atoms with Crippen LogP contribution >= 0.6 is 0 Å². The zero-order valence-electron chi connectivity index (χ0n) is 12.0. The molecule has 4 heteroatoms. The Morgan fingerprint density at radius 2 is 1.52 bits per heavy atom. The summed E-state index contributed by atoms with van der Waals surface area (Å²) in [6.45, 7) is 2.55. The fraction of sp³-hybridized carbons (Fsp3) is 0.294. The van der Waals surface area contributed by atoms with Crippen molar-refractivity contribution in [1.29, 1.82) is 0 Å². The molecule has 0 atom stereocenters. The molecule has 0 heterocycles. The number of aryl methyl sites for hydroxylation is 1. The van der Waals surface area contributed by atoms with Gasteiger partial charge in [0.2, 0.25) is 0 Å². The Morgan fingerprint density at radius 1 is 0.952 bits per heavy atom. The van der Waals surface area contributed by atoms with E-state index in [1.807, 2.05) is 24.3 Å². The number of ether oxygens (including phenoxy) is 1. The van der Waals surface area contributed by atoms with E-state index in [2.05, 4.69) is 6.92 Å². The van der Waals surface area contributed by atoms with Crippen molar-refractivity contribution in [2.24, 2.45) is 5.73 Å². The molecule has 2 rings (SSSR count). The third kappa shape index (κ3) is 4.02. The third-order valence-electron chi connectivity index (χ3n) is 3.31. The Labute approximate surface area is 123 Å². The fourth-order valence-electron chi connectivity index (χ4n) is 2.09. The maximum Gasteiger partial charge on any atom is 0.191 e. The minimum atomic E-state index is -0.691. The summed E-state index contributed by atoms with van der Waals surface area (Å²) in [6, 6.07) is 10.3. The summed E-state index contributed by atoms with van der Waals surface area (Å²) in [5.74, 6) is -1.72. The predicted octanol–water partition coefficient (Wildman–Crippen LogP) is 3.61. The second-order valence-electron chi connectivity index (χ2n) is 4.89. The second-order valence-corrected chi connectivity index (χ2v) is 4.89. The highest BCUT2D eigenvalue weighted by Crippen LogP contribution is 2.24. The molecule has 2 aromatic carbocycles. The predicted molar refractivity (Wildman–Crippen MR) is 79.3 cm³/mol. The molecule has 0 aliphatic carbocycles. The Kier molecular flexibility index (Phi) is 5.28. The number of rotatable bonds is 6.